The highest BCUT2D eigenvalue weighted by molar-refractivity contribution is 5.73. The number of aliphatic hydroxyl groups excluding tert-OH is 3. The van der Waals surface area contributed by atoms with Gasteiger partial charge in [0.2, 0.25) is 0 Å². The number of methoxy groups -OCH3 is 1. The van der Waals surface area contributed by atoms with E-state index in [4.69, 9.17) is 28.4 Å². The van der Waals surface area contributed by atoms with Crippen molar-refractivity contribution in [3.05, 3.63) is 12.2 Å². The molecule has 19 atom stereocenters. The molecule has 14 nitrogen and oxygen atoms in total. The minimum Gasteiger partial charge on any atom is -0.459 e. The first kappa shape index (κ1) is 54.1. The van der Waals surface area contributed by atoms with Crippen molar-refractivity contribution in [2.45, 2.75) is 231 Å². The minimum absolute atomic E-state index is 0.129. The van der Waals surface area contributed by atoms with Crippen molar-refractivity contribution in [2.24, 2.45) is 23.7 Å². The molecule has 0 radical (unpaired) electrons. The Morgan fingerprint density at radius 2 is 1.51 bits per heavy atom. The molecule has 3 heterocycles. The zero-order valence-corrected chi connectivity index (χ0v) is 40.2. The summed E-state index contributed by atoms with van der Waals surface area (Å²) in [6.07, 6.45) is 2.35. The molecule has 0 spiro atoms. The molecule has 0 bridgehead atoms. The Morgan fingerprint density at radius 3 is 2.10 bits per heavy atom. The second-order valence-electron chi connectivity index (χ2n) is 19.8. The van der Waals surface area contributed by atoms with Crippen molar-refractivity contribution in [3.63, 3.8) is 0 Å². The Morgan fingerprint density at radius 1 is 0.869 bits per heavy atom. The predicted octanol–water partition coefficient (Wildman–Crippen LogP) is 5.09. The molecule has 61 heavy (non-hydrogen) atoms. The van der Waals surface area contributed by atoms with Gasteiger partial charge in [-0.2, -0.15) is 0 Å². The van der Waals surface area contributed by atoms with Gasteiger partial charge in [-0.1, -0.05) is 59.6 Å². The van der Waals surface area contributed by atoms with E-state index in [0.717, 1.165) is 19.3 Å². The number of nitrogens with zero attached hydrogens (tertiary/aromatic N) is 1. The fraction of sp³-hybridized carbons (Fsp3) is 0.936. The molecule has 0 saturated carbocycles. The highest BCUT2D eigenvalue weighted by Crippen LogP contribution is 2.41. The molecule has 3 rings (SSSR count). The first-order chi connectivity index (χ1) is 28.5. The molecule has 3 aliphatic rings. The molecule has 14 heteroatoms. The van der Waals surface area contributed by atoms with Gasteiger partial charge in [0.15, 0.2) is 12.6 Å². The maximum absolute atomic E-state index is 14.4. The van der Waals surface area contributed by atoms with Crippen LogP contribution in [0, 0.1) is 23.7 Å². The zero-order valence-electron chi connectivity index (χ0n) is 40.2. The largest absolute Gasteiger partial charge is 0.459 e. The Balaban J connectivity index is 2.14. The van der Waals surface area contributed by atoms with E-state index < -0.39 is 102 Å². The molecule has 6 N–H and O–H groups in total. The quantitative estimate of drug-likeness (QED) is 0.0684. The van der Waals surface area contributed by atoms with Crippen LogP contribution in [0.3, 0.4) is 0 Å². The highest BCUT2D eigenvalue weighted by Gasteiger charge is 2.53. The van der Waals surface area contributed by atoms with Crippen molar-refractivity contribution in [1.82, 2.24) is 10.2 Å². The molecule has 3 aliphatic heterocycles. The second-order valence-corrected chi connectivity index (χ2v) is 19.8. The van der Waals surface area contributed by atoms with Gasteiger partial charge in [-0.25, -0.2) is 0 Å². The van der Waals surface area contributed by atoms with Gasteiger partial charge in [0.25, 0.3) is 0 Å². The molecule has 0 aromatic carbocycles. The molecule has 8 unspecified atom stereocenters. The van der Waals surface area contributed by atoms with Crippen molar-refractivity contribution in [2.75, 3.05) is 27.7 Å². The van der Waals surface area contributed by atoms with Crippen LogP contribution in [0.1, 0.15) is 140 Å². The normalized spacial score (nSPS) is 44.9. The van der Waals surface area contributed by atoms with Gasteiger partial charge in [0, 0.05) is 37.5 Å². The van der Waals surface area contributed by atoms with Gasteiger partial charge in [-0.3, -0.25) is 4.79 Å². The van der Waals surface area contributed by atoms with Crippen LogP contribution in [-0.2, 0) is 33.2 Å². The first-order valence-electron chi connectivity index (χ1n) is 23.4. The maximum atomic E-state index is 14.4. The third-order valence-electron chi connectivity index (χ3n) is 14.2. The summed E-state index contributed by atoms with van der Waals surface area (Å²) in [6.45, 7) is 20.7. The van der Waals surface area contributed by atoms with E-state index >= 15 is 0 Å². The second kappa shape index (κ2) is 23.8. The van der Waals surface area contributed by atoms with Gasteiger partial charge in [-0.15, -0.1) is 0 Å². The average Bonchev–Trinajstić information content (AvgIpc) is 3.19. The first-order valence-corrected chi connectivity index (χ1v) is 23.4. The van der Waals surface area contributed by atoms with E-state index in [2.05, 4.69) is 24.4 Å². The Labute approximate surface area is 368 Å². The Bertz CT molecular complexity index is 1330. The third-order valence-corrected chi connectivity index (χ3v) is 14.2. The van der Waals surface area contributed by atoms with Crippen LogP contribution >= 0.6 is 0 Å². The van der Waals surface area contributed by atoms with Crippen molar-refractivity contribution >= 4 is 5.97 Å². The zero-order chi connectivity index (χ0) is 46.0. The average molecular weight is 873 g/mol. The molecule has 0 amide bonds. The number of rotatable bonds is 16. The van der Waals surface area contributed by atoms with Gasteiger partial charge in [0.1, 0.15) is 23.9 Å². The number of hydrogen-bond acceptors (Lipinski definition) is 14. The molecule has 3 fully saturated rings. The topological polar surface area (TPSA) is 189 Å². The Hall–Kier alpha value is -1.27. The molecule has 358 valence electrons. The van der Waals surface area contributed by atoms with Crippen LogP contribution in [-0.4, -0.2) is 154 Å². The lowest BCUT2D eigenvalue weighted by atomic mass is 9.72. The number of carbonyl (C=O) groups excluding carboxylic acids is 1. The van der Waals surface area contributed by atoms with E-state index in [-0.39, 0.29) is 37.3 Å². The molecule has 3 saturated heterocycles. The van der Waals surface area contributed by atoms with Crippen LogP contribution < -0.4 is 5.32 Å². The van der Waals surface area contributed by atoms with Gasteiger partial charge < -0.3 is 64.2 Å². The standard InChI is InChI=1S/C47H88N2O12/c1-15-17-18-19-20-21-22-23-24-48-37-28(3)26-45(9,54)42(61-44-38(50)34(49(12)13)25-29(4)57-44)31(6)39(60-36-27-46(10,56-14)41(52)33(8)58-36)32(7)43(53)59-35(16-2)47(11,55)40(51)30(37)5/h20-21,28-42,44,48,50-52,54-55H,15-19,22-27H2,1-14H3/b21-20+/t28-,29?,30+,31+,32-,33?,34?,35-,36?,37+,38?,39+,40-,41?,42-,44?,45-,46?,47-/m1/s1. The minimum atomic E-state index is -1.84. The van der Waals surface area contributed by atoms with E-state index in [1.165, 1.54) is 33.3 Å². The smallest absolute Gasteiger partial charge is 0.311 e. The number of cyclic esters (lactones) is 1. The summed E-state index contributed by atoms with van der Waals surface area (Å²) in [6, 6.07) is -0.687. The number of carbonyl (C=O) groups is 1. The number of unbranched alkanes of at least 4 members (excludes halogenated alkanes) is 4. The summed E-state index contributed by atoms with van der Waals surface area (Å²) in [5.74, 6) is -3.31. The fourth-order valence-electron chi connectivity index (χ4n) is 10.2. The molecular weight excluding hydrogens is 785 g/mol. The molecule has 0 aromatic heterocycles. The summed E-state index contributed by atoms with van der Waals surface area (Å²) in [5, 5.41) is 63.5. The van der Waals surface area contributed by atoms with Gasteiger partial charge in [0.05, 0.1) is 47.6 Å². The van der Waals surface area contributed by atoms with E-state index in [1.54, 1.807) is 34.6 Å². The number of aliphatic hydroxyl groups is 5. The van der Waals surface area contributed by atoms with Crippen LogP contribution in [0.15, 0.2) is 12.2 Å². The van der Waals surface area contributed by atoms with Crippen molar-refractivity contribution in [1.29, 1.82) is 0 Å². The van der Waals surface area contributed by atoms with Crippen LogP contribution in [0.5, 0.6) is 0 Å². The van der Waals surface area contributed by atoms with Crippen molar-refractivity contribution in [3.8, 4) is 0 Å². The summed E-state index contributed by atoms with van der Waals surface area (Å²) in [5.41, 5.74) is -4.50. The van der Waals surface area contributed by atoms with E-state index in [0.29, 0.717) is 13.0 Å². The van der Waals surface area contributed by atoms with Crippen LogP contribution in [0.4, 0.5) is 0 Å². The van der Waals surface area contributed by atoms with Crippen LogP contribution in [0.2, 0.25) is 0 Å². The highest BCUT2D eigenvalue weighted by atomic mass is 16.7. The number of allylic oxidation sites excluding steroid dienone is 2. The third kappa shape index (κ3) is 13.9. The molecule has 0 aromatic rings. The number of esters is 1. The number of hydrogen-bond donors (Lipinski definition) is 6. The van der Waals surface area contributed by atoms with E-state index in [1.807, 2.05) is 46.7 Å². The predicted molar refractivity (Wildman–Crippen MR) is 236 cm³/mol. The summed E-state index contributed by atoms with van der Waals surface area (Å²) in [7, 11) is 5.31. The van der Waals surface area contributed by atoms with Gasteiger partial charge >= 0.3 is 5.97 Å². The molecule has 0 aliphatic carbocycles. The molecular formula is C47H88N2O12. The number of likely N-dealkylation sites (N-methyl/N-ethyl adjacent to an activating group) is 1. The fourth-order valence-corrected chi connectivity index (χ4v) is 10.2. The SMILES string of the molecule is CCCCC/C=C/CCCN[C@@H]1[C@H](C)[C@@H](O)[C@](C)(O)[C@@H](CC)OC(=O)[C@H](C)[C@@H](OC2CC(C)(OC)C(O)C(C)O2)[C@H](C)[C@@H](OC2OC(C)CC(N(C)C)C2O)[C@](C)(O)C[C@H]1C. The number of ether oxygens (including phenoxy) is 6. The van der Waals surface area contributed by atoms with E-state index in [9.17, 15) is 30.3 Å². The van der Waals surface area contributed by atoms with Crippen LogP contribution in [0.25, 0.3) is 0 Å². The maximum Gasteiger partial charge on any atom is 0.311 e. The van der Waals surface area contributed by atoms with Gasteiger partial charge in [-0.05, 0) is 113 Å². The monoisotopic (exact) mass is 873 g/mol. The lowest BCUT2D eigenvalue weighted by molar-refractivity contribution is -0.318. The lowest BCUT2D eigenvalue weighted by Gasteiger charge is -2.49. The lowest BCUT2D eigenvalue weighted by Crippen LogP contribution is -2.62. The van der Waals surface area contributed by atoms with Crippen molar-refractivity contribution < 1.29 is 58.7 Å². The summed E-state index contributed by atoms with van der Waals surface area (Å²) < 4.78 is 38.1. The number of nitrogens with one attached hydrogen (secondary N) is 1. The summed E-state index contributed by atoms with van der Waals surface area (Å²) >= 11 is 0. The summed E-state index contributed by atoms with van der Waals surface area (Å²) in [4.78, 5) is 16.4. The Kier molecular flexibility index (Phi) is 21.1.